The first-order chi connectivity index (χ1) is 11.6. The molecule has 1 N–H and O–H groups in total. The molecule has 0 radical (unpaired) electrons. The van der Waals surface area contributed by atoms with E-state index in [1.807, 2.05) is 12.1 Å². The first-order valence-electron chi connectivity index (χ1n) is 8.61. The fourth-order valence-corrected chi connectivity index (χ4v) is 4.56. The predicted molar refractivity (Wildman–Crippen MR) is 101 cm³/mol. The average Bonchev–Trinajstić information content (AvgIpc) is 3.27. The SMILES string of the molecule is Cc1cccc(NC(=O)c2cc3sccc3n2C2CCCC2)c1C. The van der Waals surface area contributed by atoms with Gasteiger partial charge in [0.15, 0.2) is 0 Å². The number of aromatic nitrogens is 1. The molecule has 2 aromatic heterocycles. The molecule has 1 aliphatic carbocycles. The molecule has 0 saturated heterocycles. The molecule has 24 heavy (non-hydrogen) atoms. The molecular formula is C20H22N2OS. The van der Waals surface area contributed by atoms with Crippen molar-refractivity contribution < 1.29 is 4.79 Å². The number of fused-ring (bicyclic) bond motifs is 1. The number of thiophene rings is 1. The Morgan fingerprint density at radius 2 is 2.00 bits per heavy atom. The summed E-state index contributed by atoms with van der Waals surface area (Å²) in [7, 11) is 0. The fourth-order valence-electron chi connectivity index (χ4n) is 3.75. The number of carbonyl (C=O) groups is 1. The zero-order chi connectivity index (χ0) is 16.7. The van der Waals surface area contributed by atoms with Crippen LogP contribution in [0.5, 0.6) is 0 Å². The van der Waals surface area contributed by atoms with Gasteiger partial charge < -0.3 is 9.88 Å². The summed E-state index contributed by atoms with van der Waals surface area (Å²) in [6.07, 6.45) is 4.85. The zero-order valence-electron chi connectivity index (χ0n) is 14.1. The zero-order valence-corrected chi connectivity index (χ0v) is 15.0. The summed E-state index contributed by atoms with van der Waals surface area (Å²) in [5.41, 5.74) is 5.23. The highest BCUT2D eigenvalue weighted by Gasteiger charge is 2.25. The summed E-state index contributed by atoms with van der Waals surface area (Å²) < 4.78 is 3.48. The molecule has 3 nitrogen and oxygen atoms in total. The van der Waals surface area contributed by atoms with Crippen LogP contribution in [0.1, 0.15) is 53.3 Å². The van der Waals surface area contributed by atoms with Crippen LogP contribution in [-0.4, -0.2) is 10.5 Å². The van der Waals surface area contributed by atoms with Crippen LogP contribution in [0.2, 0.25) is 0 Å². The maximum Gasteiger partial charge on any atom is 0.272 e. The monoisotopic (exact) mass is 338 g/mol. The van der Waals surface area contributed by atoms with E-state index in [-0.39, 0.29) is 5.91 Å². The maximum atomic E-state index is 13.0. The van der Waals surface area contributed by atoms with Crippen molar-refractivity contribution >= 4 is 33.1 Å². The molecule has 1 aromatic carbocycles. The highest BCUT2D eigenvalue weighted by molar-refractivity contribution is 7.17. The van der Waals surface area contributed by atoms with Gasteiger partial charge in [0.2, 0.25) is 0 Å². The second-order valence-corrected chi connectivity index (χ2v) is 7.66. The summed E-state index contributed by atoms with van der Waals surface area (Å²) >= 11 is 1.71. The summed E-state index contributed by atoms with van der Waals surface area (Å²) in [5, 5.41) is 5.24. The molecule has 124 valence electrons. The minimum Gasteiger partial charge on any atom is -0.333 e. The van der Waals surface area contributed by atoms with Gasteiger partial charge in [-0.2, -0.15) is 0 Å². The Morgan fingerprint density at radius 3 is 2.79 bits per heavy atom. The topological polar surface area (TPSA) is 34.0 Å². The van der Waals surface area contributed by atoms with Crippen molar-refractivity contribution in [1.82, 2.24) is 4.57 Å². The van der Waals surface area contributed by atoms with Crippen molar-refractivity contribution in [3.05, 3.63) is 52.5 Å². The van der Waals surface area contributed by atoms with Gasteiger partial charge in [0.1, 0.15) is 5.69 Å². The number of nitrogens with zero attached hydrogens (tertiary/aromatic N) is 1. The van der Waals surface area contributed by atoms with Crippen LogP contribution in [0.25, 0.3) is 10.2 Å². The number of amides is 1. The van der Waals surface area contributed by atoms with Crippen molar-refractivity contribution in [2.75, 3.05) is 5.32 Å². The van der Waals surface area contributed by atoms with Crippen molar-refractivity contribution in [3.63, 3.8) is 0 Å². The molecule has 2 heterocycles. The number of aryl methyl sites for hydroxylation is 1. The molecule has 3 aromatic rings. The van der Waals surface area contributed by atoms with Gasteiger partial charge in [-0.3, -0.25) is 4.79 Å². The third kappa shape index (κ3) is 2.55. The van der Waals surface area contributed by atoms with E-state index >= 15 is 0 Å². The standard InChI is InChI=1S/C20H22N2OS/c1-13-6-5-9-16(14(13)2)21-20(23)18-12-19-17(10-11-24-19)22(18)15-7-3-4-8-15/h5-6,9-12,15H,3-4,7-8H2,1-2H3,(H,21,23). The van der Waals surface area contributed by atoms with Gasteiger partial charge in [0, 0.05) is 11.7 Å². The van der Waals surface area contributed by atoms with Gasteiger partial charge in [-0.1, -0.05) is 25.0 Å². The molecule has 1 aliphatic rings. The molecular weight excluding hydrogens is 316 g/mol. The fraction of sp³-hybridized carbons (Fsp3) is 0.350. The minimum absolute atomic E-state index is 0.000926. The van der Waals surface area contributed by atoms with Crippen molar-refractivity contribution in [3.8, 4) is 0 Å². The van der Waals surface area contributed by atoms with E-state index in [1.165, 1.54) is 41.5 Å². The van der Waals surface area contributed by atoms with Crippen molar-refractivity contribution in [2.45, 2.75) is 45.6 Å². The number of rotatable bonds is 3. The quantitative estimate of drug-likeness (QED) is 0.654. The molecule has 4 rings (SSSR count). The van der Waals surface area contributed by atoms with Crippen LogP contribution in [0.3, 0.4) is 0 Å². The number of benzene rings is 1. The molecule has 0 aliphatic heterocycles. The lowest BCUT2D eigenvalue weighted by Crippen LogP contribution is -2.19. The second kappa shape index (κ2) is 6.10. The Hall–Kier alpha value is -2.07. The predicted octanol–water partition coefficient (Wildman–Crippen LogP) is 5.69. The summed E-state index contributed by atoms with van der Waals surface area (Å²) in [4.78, 5) is 13.0. The Bertz CT molecular complexity index is 900. The van der Waals surface area contributed by atoms with E-state index < -0.39 is 0 Å². The van der Waals surface area contributed by atoms with Crippen LogP contribution in [0, 0.1) is 13.8 Å². The van der Waals surface area contributed by atoms with Crippen LogP contribution >= 0.6 is 11.3 Å². The normalized spacial score (nSPS) is 15.2. The Kier molecular flexibility index (Phi) is 3.93. The van der Waals surface area contributed by atoms with E-state index in [9.17, 15) is 4.79 Å². The Labute approximate surface area is 146 Å². The summed E-state index contributed by atoms with van der Waals surface area (Å²) in [6, 6.07) is 10.7. The van der Waals surface area contributed by atoms with Crippen molar-refractivity contribution in [1.29, 1.82) is 0 Å². The van der Waals surface area contributed by atoms with Crippen LogP contribution < -0.4 is 5.32 Å². The molecule has 4 heteroatoms. The Balaban J connectivity index is 1.72. The highest BCUT2D eigenvalue weighted by Crippen LogP contribution is 2.36. The molecule has 0 unspecified atom stereocenters. The molecule has 0 atom stereocenters. The average molecular weight is 338 g/mol. The Morgan fingerprint density at radius 1 is 1.21 bits per heavy atom. The van der Waals surface area contributed by atoms with Gasteiger partial charge in [-0.25, -0.2) is 0 Å². The summed E-state index contributed by atoms with van der Waals surface area (Å²) in [6.45, 7) is 4.13. The van der Waals surface area contributed by atoms with Gasteiger partial charge in [-0.05, 0) is 61.4 Å². The minimum atomic E-state index is -0.000926. The van der Waals surface area contributed by atoms with Gasteiger partial charge in [0.05, 0.1) is 10.2 Å². The third-order valence-corrected chi connectivity index (χ3v) is 6.09. The number of carbonyl (C=O) groups excluding carboxylic acids is 1. The maximum absolute atomic E-state index is 13.0. The van der Waals surface area contributed by atoms with Crippen LogP contribution in [0.4, 0.5) is 5.69 Å². The second-order valence-electron chi connectivity index (χ2n) is 6.71. The van der Waals surface area contributed by atoms with Crippen LogP contribution in [-0.2, 0) is 0 Å². The van der Waals surface area contributed by atoms with Gasteiger partial charge >= 0.3 is 0 Å². The van der Waals surface area contributed by atoms with E-state index in [4.69, 9.17) is 0 Å². The number of anilines is 1. The number of hydrogen-bond acceptors (Lipinski definition) is 2. The first kappa shape index (κ1) is 15.5. The van der Waals surface area contributed by atoms with Gasteiger partial charge in [-0.15, -0.1) is 11.3 Å². The van der Waals surface area contributed by atoms with Gasteiger partial charge in [0.25, 0.3) is 5.91 Å². The lowest BCUT2D eigenvalue weighted by molar-refractivity contribution is 0.101. The molecule has 1 saturated carbocycles. The van der Waals surface area contributed by atoms with Crippen molar-refractivity contribution in [2.24, 2.45) is 0 Å². The van der Waals surface area contributed by atoms with E-state index in [0.29, 0.717) is 6.04 Å². The highest BCUT2D eigenvalue weighted by atomic mass is 32.1. The summed E-state index contributed by atoms with van der Waals surface area (Å²) in [5.74, 6) is -0.000926. The smallest absolute Gasteiger partial charge is 0.272 e. The number of nitrogens with one attached hydrogen (secondary N) is 1. The molecule has 0 bridgehead atoms. The molecule has 1 fully saturated rings. The lowest BCUT2D eigenvalue weighted by atomic mass is 10.1. The lowest BCUT2D eigenvalue weighted by Gasteiger charge is -2.18. The first-order valence-corrected chi connectivity index (χ1v) is 9.49. The molecule has 1 amide bonds. The van der Waals surface area contributed by atoms with E-state index in [0.717, 1.165) is 16.9 Å². The van der Waals surface area contributed by atoms with E-state index in [1.54, 1.807) is 11.3 Å². The third-order valence-electron chi connectivity index (χ3n) is 5.24. The van der Waals surface area contributed by atoms with Crippen LogP contribution in [0.15, 0.2) is 35.7 Å². The largest absolute Gasteiger partial charge is 0.333 e. The number of hydrogen-bond donors (Lipinski definition) is 1. The molecule has 0 spiro atoms. The van der Waals surface area contributed by atoms with E-state index in [2.05, 4.69) is 47.3 Å².